The second-order valence-electron chi connectivity index (χ2n) is 17.0. The number of hydrogen-bond donors (Lipinski definition) is 2. The molecule has 1 unspecified atom stereocenters. The van der Waals surface area contributed by atoms with Crippen molar-refractivity contribution in [3.8, 4) is 17.1 Å². The van der Waals surface area contributed by atoms with Crippen LogP contribution in [0.15, 0.2) is 42.7 Å². The zero-order chi connectivity index (χ0) is 39.0. The molecule has 10 rings (SSSR count). The topological polar surface area (TPSA) is 146 Å². The maximum Gasteiger partial charge on any atom is 0.255 e. The quantitative estimate of drug-likeness (QED) is 0.218. The van der Waals surface area contributed by atoms with Crippen molar-refractivity contribution in [2.75, 3.05) is 31.1 Å². The van der Waals surface area contributed by atoms with Crippen LogP contribution in [-0.2, 0) is 20.9 Å². The zero-order valence-corrected chi connectivity index (χ0v) is 31.9. The van der Waals surface area contributed by atoms with E-state index in [1.165, 1.54) is 11.0 Å². The maximum absolute atomic E-state index is 16.0. The van der Waals surface area contributed by atoms with Gasteiger partial charge in [-0.25, -0.2) is 18.7 Å². The fraction of sp³-hybridized carbons (Fsp3) is 0.524. The van der Waals surface area contributed by atoms with E-state index in [1.54, 1.807) is 12.4 Å². The number of carbonyl (C=O) groups excluding carboxylic acids is 3. The molecule has 2 aromatic heterocycles. The number of likely N-dealkylation sites (tertiary alicyclic amines) is 1. The molecule has 2 saturated carbocycles. The predicted octanol–water partition coefficient (Wildman–Crippen LogP) is 5.20. The smallest absolute Gasteiger partial charge is 0.255 e. The van der Waals surface area contributed by atoms with Gasteiger partial charge in [0.2, 0.25) is 11.8 Å². The normalized spacial score (nSPS) is 27.7. The first kappa shape index (κ1) is 36.3. The minimum atomic E-state index is -1.25. The third-order valence-corrected chi connectivity index (χ3v) is 13.1. The lowest BCUT2D eigenvalue weighted by atomic mass is 9.82. The maximum atomic E-state index is 16.0. The number of nitrogens with one attached hydrogen (secondary N) is 2. The van der Waals surface area contributed by atoms with Crippen LogP contribution in [0.3, 0.4) is 0 Å². The first-order chi connectivity index (χ1) is 27.6. The summed E-state index contributed by atoms with van der Waals surface area (Å²) in [5.74, 6) is -0.835. The van der Waals surface area contributed by atoms with Gasteiger partial charge < -0.3 is 19.3 Å². The summed E-state index contributed by atoms with van der Waals surface area (Å²) in [7, 11) is 0. The number of amides is 3. The Morgan fingerprint density at radius 1 is 0.947 bits per heavy atom. The van der Waals surface area contributed by atoms with E-state index in [1.807, 2.05) is 24.3 Å². The zero-order valence-electron chi connectivity index (χ0n) is 31.9. The highest BCUT2D eigenvalue weighted by Crippen LogP contribution is 2.42. The van der Waals surface area contributed by atoms with Gasteiger partial charge in [-0.05, 0) is 94.7 Å². The first-order valence-corrected chi connectivity index (χ1v) is 20.3. The Balaban J connectivity index is 0.702. The van der Waals surface area contributed by atoms with Gasteiger partial charge in [-0.1, -0.05) is 6.07 Å². The molecule has 2 aromatic carbocycles. The minimum absolute atomic E-state index is 0.0688. The van der Waals surface area contributed by atoms with Crippen molar-refractivity contribution in [1.29, 1.82) is 0 Å². The van der Waals surface area contributed by atoms with Crippen molar-refractivity contribution in [1.82, 2.24) is 35.3 Å². The second-order valence-corrected chi connectivity index (χ2v) is 17.0. The fourth-order valence-corrected chi connectivity index (χ4v) is 9.43. The van der Waals surface area contributed by atoms with Crippen molar-refractivity contribution >= 4 is 34.4 Å². The molecule has 3 saturated heterocycles. The summed E-state index contributed by atoms with van der Waals surface area (Å²) >= 11 is 0. The monoisotopic (exact) mass is 780 g/mol. The number of H-pyrrole nitrogens is 1. The molecule has 2 N–H and O–H groups in total. The van der Waals surface area contributed by atoms with Gasteiger partial charge in [-0.15, -0.1) is 0 Å². The lowest BCUT2D eigenvalue weighted by Gasteiger charge is -2.47. The number of piperidine rings is 3. The van der Waals surface area contributed by atoms with E-state index >= 15 is 8.78 Å². The van der Waals surface area contributed by atoms with Gasteiger partial charge >= 0.3 is 0 Å². The first-order valence-electron chi connectivity index (χ1n) is 20.3. The average Bonchev–Trinajstić information content (AvgIpc) is 3.60. The van der Waals surface area contributed by atoms with Gasteiger partial charge in [-0.3, -0.25) is 29.7 Å². The number of aromatic amines is 1. The van der Waals surface area contributed by atoms with Crippen LogP contribution in [-0.4, -0.2) is 110 Å². The predicted molar refractivity (Wildman–Crippen MR) is 205 cm³/mol. The molecule has 0 radical (unpaired) electrons. The summed E-state index contributed by atoms with van der Waals surface area (Å²) in [5.41, 5.74) is 3.10. The number of aromatic nitrogens is 4. The van der Waals surface area contributed by atoms with Gasteiger partial charge in [0.25, 0.3) is 5.91 Å². The van der Waals surface area contributed by atoms with Crippen LogP contribution in [0.1, 0.15) is 92.1 Å². The number of benzene rings is 2. The van der Waals surface area contributed by atoms with Crippen molar-refractivity contribution in [3.05, 3.63) is 65.2 Å². The summed E-state index contributed by atoms with van der Waals surface area (Å²) in [6.45, 7) is 4.57. The van der Waals surface area contributed by atoms with E-state index in [0.717, 1.165) is 85.5 Å². The Bertz CT molecular complexity index is 2250. The molecule has 4 aliphatic heterocycles. The third kappa shape index (κ3) is 6.81. The van der Waals surface area contributed by atoms with Crippen LogP contribution in [0.25, 0.3) is 22.3 Å². The summed E-state index contributed by atoms with van der Waals surface area (Å²) in [4.78, 5) is 52.1. The minimum Gasteiger partial charge on any atom is -0.488 e. The largest absolute Gasteiger partial charge is 0.488 e. The van der Waals surface area contributed by atoms with Crippen LogP contribution in [0.2, 0.25) is 0 Å². The number of halogens is 2. The molecule has 57 heavy (non-hydrogen) atoms. The number of rotatable bonds is 9. The molecular formula is C42H46F2N8O5. The Morgan fingerprint density at radius 3 is 2.54 bits per heavy atom. The molecule has 15 heteroatoms. The Morgan fingerprint density at radius 2 is 1.77 bits per heavy atom. The Labute approximate surface area is 328 Å². The van der Waals surface area contributed by atoms with Crippen LogP contribution >= 0.6 is 0 Å². The van der Waals surface area contributed by atoms with Gasteiger partial charge in [0.15, 0.2) is 0 Å². The van der Waals surface area contributed by atoms with E-state index in [2.05, 4.69) is 42.2 Å². The van der Waals surface area contributed by atoms with E-state index in [0.29, 0.717) is 13.0 Å². The van der Waals surface area contributed by atoms with Crippen LogP contribution < -0.4 is 15.0 Å². The van der Waals surface area contributed by atoms with Gasteiger partial charge in [0, 0.05) is 60.6 Å². The van der Waals surface area contributed by atoms with Crippen molar-refractivity contribution in [2.45, 2.75) is 113 Å². The number of alkyl halides is 1. The summed E-state index contributed by atoms with van der Waals surface area (Å²) in [6, 6.07) is 10.5. The number of carbonyl (C=O) groups is 3. The van der Waals surface area contributed by atoms with E-state index in [-0.39, 0.29) is 72.4 Å². The van der Waals surface area contributed by atoms with Crippen molar-refractivity contribution in [2.24, 2.45) is 0 Å². The highest BCUT2D eigenvalue weighted by atomic mass is 19.1. The number of fused-ring (bicyclic) bond motifs is 2. The fourth-order valence-electron chi connectivity index (χ4n) is 9.43. The van der Waals surface area contributed by atoms with Crippen LogP contribution in [0, 0.1) is 5.82 Å². The summed E-state index contributed by atoms with van der Waals surface area (Å²) in [6.07, 6.45) is 7.02. The van der Waals surface area contributed by atoms with Crippen molar-refractivity contribution in [3.63, 3.8) is 0 Å². The highest BCUT2D eigenvalue weighted by Gasteiger charge is 2.44. The number of imide groups is 1. The van der Waals surface area contributed by atoms with E-state index in [9.17, 15) is 14.4 Å². The number of anilines is 1. The highest BCUT2D eigenvalue weighted by molar-refractivity contribution is 6.05. The molecule has 4 aromatic rings. The van der Waals surface area contributed by atoms with Gasteiger partial charge in [0.1, 0.15) is 41.5 Å². The molecule has 6 heterocycles. The average molecular weight is 781 g/mol. The summed E-state index contributed by atoms with van der Waals surface area (Å²) < 4.78 is 44.5. The second kappa shape index (κ2) is 14.1. The SMILES string of the molecule is CC1(Oc2ccc3n[nH]c(-c4cc(N5CCC(OC6CC(N7CC[C@@H](c8ccc9c(c8F)CN(C8CCC(=O)NC8=O)C9=O)[C@@H](F)C7)C6)CC5)ncn4)c3c2)CC1. The Kier molecular flexibility index (Phi) is 9.00. The van der Waals surface area contributed by atoms with E-state index in [4.69, 9.17) is 9.47 Å². The molecule has 3 atom stereocenters. The van der Waals surface area contributed by atoms with Gasteiger partial charge in [-0.2, -0.15) is 5.10 Å². The van der Waals surface area contributed by atoms with E-state index < -0.39 is 35.8 Å². The van der Waals surface area contributed by atoms with Crippen LogP contribution in [0.5, 0.6) is 5.75 Å². The molecule has 0 bridgehead atoms. The van der Waals surface area contributed by atoms with Gasteiger partial charge in [0.05, 0.1) is 35.7 Å². The molecule has 13 nitrogen and oxygen atoms in total. The standard InChI is InChI=1S/C42H46F2N8O5/c1-42(11-12-42)57-25-2-5-33-30(18-25)39(49-48-33)34-19-36(46-22-45-34)50-13-8-24(9-14-50)56-26-16-23(17-26)51-15-10-27(32(43)21-51)28-3-4-29-31(38(28)44)20-52(41(29)55)35-6-7-37(53)47-40(35)54/h2-5,18-19,22-24,26-27,32,35H,6-17,20-21H2,1H3,(H,48,49)(H,47,53,54)/t23?,26?,27-,32-,35?/m0/s1. The third-order valence-electron chi connectivity index (χ3n) is 13.1. The molecule has 0 spiro atoms. The lowest BCUT2D eigenvalue weighted by Crippen LogP contribution is -2.54. The molecule has 298 valence electrons. The molecular weight excluding hydrogens is 735 g/mol. The Hall–Kier alpha value is -5.02. The summed E-state index contributed by atoms with van der Waals surface area (Å²) in [5, 5.41) is 10.9. The molecule has 6 aliphatic rings. The number of hydrogen-bond acceptors (Lipinski definition) is 10. The molecule has 2 aliphatic carbocycles. The van der Waals surface area contributed by atoms with Crippen LogP contribution in [0.4, 0.5) is 14.6 Å². The lowest BCUT2D eigenvalue weighted by molar-refractivity contribution is -0.136. The number of ether oxygens (including phenoxy) is 2. The van der Waals surface area contributed by atoms with Crippen molar-refractivity contribution < 1.29 is 32.6 Å². The molecule has 3 amide bonds. The number of nitrogens with zero attached hydrogens (tertiary/aromatic N) is 6. The molecule has 5 fully saturated rings.